The fourth-order valence-electron chi connectivity index (χ4n) is 1.65. The van der Waals surface area contributed by atoms with Crippen molar-refractivity contribution >= 4 is 17.9 Å². The van der Waals surface area contributed by atoms with Crippen LogP contribution in [0, 0.1) is 11.3 Å². The number of hydrogen-bond donors (Lipinski definition) is 0. The Morgan fingerprint density at radius 1 is 1.26 bits per heavy atom. The van der Waals surface area contributed by atoms with Gasteiger partial charge in [0.15, 0.2) is 6.29 Å². The molecule has 0 aliphatic rings. The van der Waals surface area contributed by atoms with Gasteiger partial charge in [-0.3, -0.25) is 4.79 Å². The van der Waals surface area contributed by atoms with Crippen molar-refractivity contribution in [3.63, 3.8) is 0 Å². The van der Waals surface area contributed by atoms with Crippen LogP contribution in [0.15, 0.2) is 42.5 Å². The molecule has 0 aliphatic heterocycles. The molecule has 0 saturated carbocycles. The lowest BCUT2D eigenvalue weighted by Crippen LogP contribution is -1.99. The van der Waals surface area contributed by atoms with Gasteiger partial charge in [-0.25, -0.2) is 0 Å². The first-order valence-corrected chi connectivity index (χ1v) is 5.98. The number of carbonyl (C=O) groups excluding carboxylic acids is 1. The van der Waals surface area contributed by atoms with Crippen LogP contribution in [-0.4, -0.2) is 6.29 Å². The maximum atomic E-state index is 11.0. The Morgan fingerprint density at radius 3 is 2.79 bits per heavy atom. The lowest BCUT2D eigenvalue weighted by Gasteiger charge is -2.09. The van der Waals surface area contributed by atoms with Crippen molar-refractivity contribution in [2.45, 2.75) is 6.61 Å². The highest BCUT2D eigenvalue weighted by molar-refractivity contribution is 6.33. The number of rotatable bonds is 4. The van der Waals surface area contributed by atoms with E-state index in [4.69, 9.17) is 21.6 Å². The summed E-state index contributed by atoms with van der Waals surface area (Å²) in [6.07, 6.45) is 0.670. The van der Waals surface area contributed by atoms with Gasteiger partial charge in [-0.2, -0.15) is 5.26 Å². The second-order valence-corrected chi connectivity index (χ2v) is 4.28. The predicted molar refractivity (Wildman–Crippen MR) is 72.3 cm³/mol. The van der Waals surface area contributed by atoms with Gasteiger partial charge in [0.05, 0.1) is 22.2 Å². The van der Waals surface area contributed by atoms with Gasteiger partial charge in [-0.15, -0.1) is 0 Å². The van der Waals surface area contributed by atoms with Gasteiger partial charge in [0, 0.05) is 0 Å². The molecule has 0 radical (unpaired) electrons. The van der Waals surface area contributed by atoms with Crippen LogP contribution in [0.4, 0.5) is 0 Å². The van der Waals surface area contributed by atoms with Crippen molar-refractivity contribution < 1.29 is 9.53 Å². The smallest absolute Gasteiger partial charge is 0.155 e. The number of hydrogen-bond acceptors (Lipinski definition) is 3. The topological polar surface area (TPSA) is 50.1 Å². The van der Waals surface area contributed by atoms with E-state index in [0.29, 0.717) is 28.2 Å². The minimum atomic E-state index is 0.275. The van der Waals surface area contributed by atoms with E-state index in [1.807, 2.05) is 6.07 Å². The maximum absolute atomic E-state index is 11.0. The van der Waals surface area contributed by atoms with Gasteiger partial charge in [-0.05, 0) is 29.8 Å². The summed E-state index contributed by atoms with van der Waals surface area (Å²) in [6, 6.07) is 14.2. The molecule has 0 bridgehead atoms. The molecular weight excluding hydrogens is 262 g/mol. The van der Waals surface area contributed by atoms with Crippen LogP contribution in [0.1, 0.15) is 21.5 Å². The molecule has 2 rings (SSSR count). The fourth-order valence-corrected chi connectivity index (χ4v) is 1.86. The van der Waals surface area contributed by atoms with Crippen LogP contribution in [0.3, 0.4) is 0 Å². The molecule has 0 amide bonds. The van der Waals surface area contributed by atoms with Crippen LogP contribution in [0.5, 0.6) is 5.75 Å². The van der Waals surface area contributed by atoms with Gasteiger partial charge < -0.3 is 4.74 Å². The zero-order chi connectivity index (χ0) is 13.7. The normalized spacial score (nSPS) is 9.68. The number of nitriles is 1. The van der Waals surface area contributed by atoms with Gasteiger partial charge >= 0.3 is 0 Å². The Labute approximate surface area is 116 Å². The van der Waals surface area contributed by atoms with E-state index < -0.39 is 0 Å². The van der Waals surface area contributed by atoms with Gasteiger partial charge in [0.2, 0.25) is 0 Å². The molecule has 2 aromatic rings. The van der Waals surface area contributed by atoms with Gasteiger partial charge in [0.1, 0.15) is 12.4 Å². The summed E-state index contributed by atoms with van der Waals surface area (Å²) in [5, 5.41) is 9.17. The van der Waals surface area contributed by atoms with E-state index in [-0.39, 0.29) is 6.61 Å². The lowest BCUT2D eigenvalue weighted by atomic mass is 10.1. The summed E-state index contributed by atoms with van der Waals surface area (Å²) >= 11 is 5.90. The van der Waals surface area contributed by atoms with Crippen LogP contribution < -0.4 is 4.74 Å². The van der Waals surface area contributed by atoms with Crippen LogP contribution in [0.2, 0.25) is 5.02 Å². The summed E-state index contributed by atoms with van der Waals surface area (Å²) in [6.45, 7) is 0.275. The number of benzene rings is 2. The molecule has 94 valence electrons. The number of nitrogens with zero attached hydrogens (tertiary/aromatic N) is 1. The van der Waals surface area contributed by atoms with E-state index in [1.165, 1.54) is 0 Å². The summed E-state index contributed by atoms with van der Waals surface area (Å²) in [7, 11) is 0. The van der Waals surface area contributed by atoms with Gasteiger partial charge in [-0.1, -0.05) is 29.8 Å². The van der Waals surface area contributed by atoms with Crippen molar-refractivity contribution in [2.24, 2.45) is 0 Å². The average molecular weight is 272 g/mol. The molecule has 4 heteroatoms. The first kappa shape index (κ1) is 13.1. The largest absolute Gasteiger partial charge is 0.488 e. The first-order chi connectivity index (χ1) is 9.24. The van der Waals surface area contributed by atoms with Crippen molar-refractivity contribution in [3.05, 3.63) is 64.2 Å². The molecular formula is C15H10ClNO2. The Kier molecular flexibility index (Phi) is 4.17. The molecule has 19 heavy (non-hydrogen) atoms. The van der Waals surface area contributed by atoms with Crippen LogP contribution >= 0.6 is 11.6 Å². The van der Waals surface area contributed by atoms with Crippen molar-refractivity contribution in [1.29, 1.82) is 5.26 Å². The highest BCUT2D eigenvalue weighted by Crippen LogP contribution is 2.25. The zero-order valence-corrected chi connectivity index (χ0v) is 10.7. The van der Waals surface area contributed by atoms with Crippen molar-refractivity contribution in [2.75, 3.05) is 0 Å². The average Bonchev–Trinajstić information content (AvgIpc) is 2.45. The monoisotopic (exact) mass is 271 g/mol. The molecule has 3 nitrogen and oxygen atoms in total. The molecule has 0 spiro atoms. The fraction of sp³-hybridized carbons (Fsp3) is 0.0667. The number of halogens is 1. The quantitative estimate of drug-likeness (QED) is 0.798. The second kappa shape index (κ2) is 6.03. The lowest BCUT2D eigenvalue weighted by molar-refractivity contribution is 0.111. The third-order valence-corrected chi connectivity index (χ3v) is 2.91. The zero-order valence-electron chi connectivity index (χ0n) is 9.97. The Hall–Kier alpha value is -2.31. The SMILES string of the molecule is N#Cc1cccc(COc2cccc(Cl)c2C=O)c1. The molecule has 0 fully saturated rings. The van der Waals surface area contributed by atoms with E-state index in [0.717, 1.165) is 5.56 Å². The highest BCUT2D eigenvalue weighted by atomic mass is 35.5. The highest BCUT2D eigenvalue weighted by Gasteiger charge is 2.07. The third kappa shape index (κ3) is 3.12. The minimum Gasteiger partial charge on any atom is -0.488 e. The number of aldehydes is 1. The standard InChI is InChI=1S/C15H10ClNO2/c16-14-5-2-6-15(13(14)9-18)19-10-12-4-1-3-11(7-12)8-17/h1-7,9H,10H2. The summed E-state index contributed by atoms with van der Waals surface area (Å²) in [5.74, 6) is 0.435. The Bertz CT molecular complexity index is 647. The number of carbonyl (C=O) groups is 1. The van der Waals surface area contributed by atoms with Gasteiger partial charge in [0.25, 0.3) is 0 Å². The molecule has 0 heterocycles. The minimum absolute atomic E-state index is 0.275. The molecule has 0 unspecified atom stereocenters. The summed E-state index contributed by atoms with van der Waals surface area (Å²) in [5.41, 5.74) is 1.76. The van der Waals surface area contributed by atoms with E-state index in [2.05, 4.69) is 6.07 Å². The van der Waals surface area contributed by atoms with Crippen molar-refractivity contribution in [1.82, 2.24) is 0 Å². The van der Waals surface area contributed by atoms with E-state index in [9.17, 15) is 4.79 Å². The molecule has 0 aromatic heterocycles. The van der Waals surface area contributed by atoms with E-state index >= 15 is 0 Å². The molecule has 0 atom stereocenters. The third-order valence-electron chi connectivity index (χ3n) is 2.58. The molecule has 2 aromatic carbocycles. The summed E-state index contributed by atoms with van der Waals surface area (Å²) in [4.78, 5) is 11.0. The van der Waals surface area contributed by atoms with Crippen LogP contribution in [-0.2, 0) is 6.61 Å². The molecule has 0 aliphatic carbocycles. The van der Waals surface area contributed by atoms with Crippen molar-refractivity contribution in [3.8, 4) is 11.8 Å². The second-order valence-electron chi connectivity index (χ2n) is 3.87. The first-order valence-electron chi connectivity index (χ1n) is 5.60. The maximum Gasteiger partial charge on any atom is 0.155 e. The summed E-state index contributed by atoms with van der Waals surface area (Å²) < 4.78 is 5.57. The van der Waals surface area contributed by atoms with E-state index in [1.54, 1.807) is 36.4 Å². The molecule has 0 N–H and O–H groups in total. The number of ether oxygens (including phenoxy) is 1. The molecule has 0 saturated heterocycles. The van der Waals surface area contributed by atoms with Crippen LogP contribution in [0.25, 0.3) is 0 Å². The predicted octanol–water partition coefficient (Wildman–Crippen LogP) is 3.60. The Morgan fingerprint density at radius 2 is 2.05 bits per heavy atom. The Balaban J connectivity index is 2.17.